The predicted molar refractivity (Wildman–Crippen MR) is 75.7 cm³/mol. The molecule has 21 heavy (non-hydrogen) atoms. The molecular formula is C14H13N3O4. The highest BCUT2D eigenvalue weighted by molar-refractivity contribution is 5.42. The average molecular weight is 287 g/mol. The van der Waals surface area contributed by atoms with Gasteiger partial charge in [-0.05, 0) is 18.2 Å². The smallest absolute Gasteiger partial charge is 0.287 e. The highest BCUT2D eigenvalue weighted by atomic mass is 16.6. The van der Waals surface area contributed by atoms with Gasteiger partial charge in [-0.15, -0.1) is 0 Å². The van der Waals surface area contributed by atoms with Crippen molar-refractivity contribution in [1.29, 1.82) is 0 Å². The molecule has 1 atom stereocenters. The van der Waals surface area contributed by atoms with Crippen LogP contribution in [0.5, 0.6) is 11.5 Å². The third-order valence-corrected chi connectivity index (χ3v) is 3.04. The SMILES string of the molecule is O=[N+]([O-])c1ccc(NCC2COc3ccccc3O2)nc1. The van der Waals surface area contributed by atoms with Crippen molar-refractivity contribution in [2.75, 3.05) is 18.5 Å². The van der Waals surface area contributed by atoms with E-state index in [0.717, 1.165) is 5.75 Å². The van der Waals surface area contributed by atoms with Crippen LogP contribution in [0.4, 0.5) is 11.5 Å². The van der Waals surface area contributed by atoms with Gasteiger partial charge in [0.1, 0.15) is 24.7 Å². The number of benzene rings is 1. The van der Waals surface area contributed by atoms with Crippen LogP contribution in [0.15, 0.2) is 42.6 Å². The van der Waals surface area contributed by atoms with Gasteiger partial charge in [0, 0.05) is 6.07 Å². The van der Waals surface area contributed by atoms with Gasteiger partial charge in [-0.1, -0.05) is 12.1 Å². The van der Waals surface area contributed by atoms with Gasteiger partial charge < -0.3 is 14.8 Å². The van der Waals surface area contributed by atoms with Crippen LogP contribution in [0.1, 0.15) is 0 Å². The van der Waals surface area contributed by atoms with E-state index in [1.54, 1.807) is 6.07 Å². The predicted octanol–water partition coefficient (Wildman–Crippen LogP) is 2.24. The number of nitro groups is 1. The molecule has 0 saturated heterocycles. The summed E-state index contributed by atoms with van der Waals surface area (Å²) < 4.78 is 11.4. The molecule has 1 aliphatic heterocycles. The van der Waals surface area contributed by atoms with E-state index in [1.165, 1.54) is 12.3 Å². The summed E-state index contributed by atoms with van der Waals surface area (Å²) in [5, 5.41) is 13.6. The molecule has 1 aliphatic rings. The first-order chi connectivity index (χ1) is 10.2. The molecule has 7 nitrogen and oxygen atoms in total. The Morgan fingerprint density at radius 3 is 2.81 bits per heavy atom. The fraction of sp³-hybridized carbons (Fsp3) is 0.214. The Morgan fingerprint density at radius 2 is 2.10 bits per heavy atom. The third-order valence-electron chi connectivity index (χ3n) is 3.04. The Morgan fingerprint density at radius 1 is 1.29 bits per heavy atom. The molecule has 0 aliphatic carbocycles. The van der Waals surface area contributed by atoms with Gasteiger partial charge in [-0.2, -0.15) is 0 Å². The number of fused-ring (bicyclic) bond motifs is 1. The van der Waals surface area contributed by atoms with Crippen molar-refractivity contribution in [2.45, 2.75) is 6.10 Å². The van der Waals surface area contributed by atoms with Crippen LogP contribution >= 0.6 is 0 Å². The minimum Gasteiger partial charge on any atom is -0.486 e. The summed E-state index contributed by atoms with van der Waals surface area (Å²) in [5.41, 5.74) is -0.0354. The Hall–Kier alpha value is -2.83. The first kappa shape index (κ1) is 13.2. The monoisotopic (exact) mass is 287 g/mol. The minimum absolute atomic E-state index is 0.0354. The lowest BCUT2D eigenvalue weighted by molar-refractivity contribution is -0.385. The summed E-state index contributed by atoms with van der Waals surface area (Å²) >= 11 is 0. The number of nitrogens with one attached hydrogen (secondary N) is 1. The fourth-order valence-electron chi connectivity index (χ4n) is 1.98. The number of rotatable bonds is 4. The quantitative estimate of drug-likeness (QED) is 0.685. The summed E-state index contributed by atoms with van der Waals surface area (Å²) in [6.45, 7) is 0.941. The van der Waals surface area contributed by atoms with Gasteiger partial charge in [0.2, 0.25) is 0 Å². The molecule has 1 unspecified atom stereocenters. The summed E-state index contributed by atoms with van der Waals surface area (Å²) in [6, 6.07) is 10.5. The van der Waals surface area contributed by atoms with Crippen LogP contribution < -0.4 is 14.8 Å². The van der Waals surface area contributed by atoms with Gasteiger partial charge in [0.05, 0.1) is 11.5 Å². The molecule has 0 bridgehead atoms. The second kappa shape index (κ2) is 5.66. The van der Waals surface area contributed by atoms with Gasteiger partial charge >= 0.3 is 0 Å². The third kappa shape index (κ3) is 3.02. The van der Waals surface area contributed by atoms with Crippen LogP contribution in [-0.2, 0) is 0 Å². The Bertz CT molecular complexity index is 645. The summed E-state index contributed by atoms with van der Waals surface area (Å²) in [6.07, 6.45) is 1.08. The molecule has 7 heteroatoms. The van der Waals surface area contributed by atoms with E-state index < -0.39 is 4.92 Å². The van der Waals surface area contributed by atoms with Crippen LogP contribution in [0.3, 0.4) is 0 Å². The van der Waals surface area contributed by atoms with E-state index in [1.807, 2.05) is 24.3 Å². The van der Waals surface area contributed by atoms with E-state index >= 15 is 0 Å². The number of ether oxygens (including phenoxy) is 2. The zero-order valence-corrected chi connectivity index (χ0v) is 11.1. The number of hydrogen-bond acceptors (Lipinski definition) is 6. The zero-order valence-electron chi connectivity index (χ0n) is 11.1. The van der Waals surface area contributed by atoms with E-state index in [4.69, 9.17) is 9.47 Å². The molecule has 0 spiro atoms. The van der Waals surface area contributed by atoms with Crippen molar-refractivity contribution < 1.29 is 14.4 Å². The number of anilines is 1. The molecular weight excluding hydrogens is 274 g/mol. The maximum absolute atomic E-state index is 10.5. The number of para-hydroxylation sites is 2. The average Bonchev–Trinajstić information content (AvgIpc) is 2.53. The molecule has 1 aromatic heterocycles. The van der Waals surface area contributed by atoms with E-state index in [2.05, 4.69) is 10.3 Å². The Labute approximate surface area is 120 Å². The molecule has 0 amide bonds. The van der Waals surface area contributed by atoms with E-state index in [0.29, 0.717) is 24.7 Å². The standard InChI is InChI=1S/C14H13N3O4/c18-17(19)10-5-6-14(15-7-10)16-8-11-9-20-12-3-1-2-4-13(12)21-11/h1-7,11H,8-9H2,(H,15,16). The van der Waals surface area contributed by atoms with Crippen molar-refractivity contribution in [3.8, 4) is 11.5 Å². The van der Waals surface area contributed by atoms with Gasteiger partial charge in [-0.25, -0.2) is 4.98 Å². The molecule has 1 N–H and O–H groups in total. The van der Waals surface area contributed by atoms with Crippen molar-refractivity contribution in [3.05, 3.63) is 52.7 Å². The second-order valence-corrected chi connectivity index (χ2v) is 4.54. The first-order valence-corrected chi connectivity index (χ1v) is 6.45. The van der Waals surface area contributed by atoms with Gasteiger partial charge in [0.25, 0.3) is 5.69 Å². The normalized spacial score (nSPS) is 16.3. The fourth-order valence-corrected chi connectivity index (χ4v) is 1.98. The highest BCUT2D eigenvalue weighted by Gasteiger charge is 2.20. The largest absolute Gasteiger partial charge is 0.486 e. The maximum atomic E-state index is 10.5. The molecule has 3 rings (SSSR count). The lowest BCUT2D eigenvalue weighted by Gasteiger charge is -2.26. The molecule has 0 saturated carbocycles. The van der Waals surface area contributed by atoms with E-state index in [9.17, 15) is 10.1 Å². The van der Waals surface area contributed by atoms with Crippen molar-refractivity contribution in [3.63, 3.8) is 0 Å². The number of nitrogens with zero attached hydrogens (tertiary/aromatic N) is 2. The Kier molecular flexibility index (Phi) is 3.55. The number of pyridine rings is 1. The topological polar surface area (TPSA) is 86.5 Å². The number of aromatic nitrogens is 1. The Balaban J connectivity index is 1.57. The summed E-state index contributed by atoms with van der Waals surface area (Å²) in [5.74, 6) is 2.01. The van der Waals surface area contributed by atoms with Crippen LogP contribution in [-0.4, -0.2) is 29.2 Å². The lowest BCUT2D eigenvalue weighted by atomic mass is 10.2. The van der Waals surface area contributed by atoms with Crippen LogP contribution in [0, 0.1) is 10.1 Å². The lowest BCUT2D eigenvalue weighted by Crippen LogP contribution is -2.35. The molecule has 1 aromatic carbocycles. The van der Waals surface area contributed by atoms with Gasteiger partial charge in [0.15, 0.2) is 11.5 Å². The maximum Gasteiger partial charge on any atom is 0.287 e. The molecule has 0 fully saturated rings. The van der Waals surface area contributed by atoms with Crippen LogP contribution in [0.2, 0.25) is 0 Å². The highest BCUT2D eigenvalue weighted by Crippen LogP contribution is 2.30. The van der Waals surface area contributed by atoms with Crippen molar-refractivity contribution in [1.82, 2.24) is 4.98 Å². The van der Waals surface area contributed by atoms with Crippen LogP contribution in [0.25, 0.3) is 0 Å². The molecule has 108 valence electrons. The molecule has 0 radical (unpaired) electrons. The molecule has 2 heterocycles. The van der Waals surface area contributed by atoms with Crippen molar-refractivity contribution in [2.24, 2.45) is 0 Å². The first-order valence-electron chi connectivity index (χ1n) is 6.45. The second-order valence-electron chi connectivity index (χ2n) is 4.54. The summed E-state index contributed by atoms with van der Waals surface area (Å²) in [4.78, 5) is 14.0. The van der Waals surface area contributed by atoms with Gasteiger partial charge in [-0.3, -0.25) is 10.1 Å². The minimum atomic E-state index is -0.480. The summed E-state index contributed by atoms with van der Waals surface area (Å²) in [7, 11) is 0. The zero-order chi connectivity index (χ0) is 14.7. The van der Waals surface area contributed by atoms with Crippen molar-refractivity contribution >= 4 is 11.5 Å². The molecule has 2 aromatic rings. The van der Waals surface area contributed by atoms with E-state index in [-0.39, 0.29) is 11.8 Å². The number of hydrogen-bond donors (Lipinski definition) is 1.